The molecule has 3 rings (SSSR count). The van der Waals surface area contributed by atoms with Gasteiger partial charge in [0.15, 0.2) is 0 Å². The molecule has 0 bridgehead atoms. The summed E-state index contributed by atoms with van der Waals surface area (Å²) >= 11 is 0. The molecule has 1 fully saturated rings. The van der Waals surface area contributed by atoms with Crippen molar-refractivity contribution in [2.24, 2.45) is 5.92 Å². The Balaban J connectivity index is 1.40. The molecule has 1 aliphatic heterocycles. The molecule has 1 heterocycles. The van der Waals surface area contributed by atoms with E-state index in [0.717, 1.165) is 49.9 Å². The number of aromatic hydroxyl groups is 1. The summed E-state index contributed by atoms with van der Waals surface area (Å²) in [5.41, 5.74) is 3.91. The predicted octanol–water partition coefficient (Wildman–Crippen LogP) is 3.61. The maximum absolute atomic E-state index is 12.5. The molecular weight excluding hydrogens is 364 g/mol. The fourth-order valence-electron chi connectivity index (χ4n) is 3.98. The van der Waals surface area contributed by atoms with Crippen molar-refractivity contribution in [2.45, 2.75) is 39.5 Å². The summed E-state index contributed by atoms with van der Waals surface area (Å²) in [5, 5.41) is 12.1. The van der Waals surface area contributed by atoms with Crippen molar-refractivity contribution >= 4 is 11.8 Å². The van der Waals surface area contributed by atoms with Crippen LogP contribution in [0.3, 0.4) is 0 Å². The van der Waals surface area contributed by atoms with Gasteiger partial charge in [-0.15, -0.1) is 0 Å². The van der Waals surface area contributed by atoms with Crippen LogP contribution in [0.4, 0.5) is 0 Å². The van der Waals surface area contributed by atoms with Crippen LogP contribution in [0.2, 0.25) is 0 Å². The van der Waals surface area contributed by atoms with Gasteiger partial charge in [-0.05, 0) is 75.3 Å². The number of amides is 2. The maximum atomic E-state index is 12.5. The maximum Gasteiger partial charge on any atom is 0.251 e. The minimum absolute atomic E-state index is 0.0142. The monoisotopic (exact) mass is 394 g/mol. The molecule has 2 N–H and O–H groups in total. The van der Waals surface area contributed by atoms with Crippen LogP contribution in [0.1, 0.15) is 46.3 Å². The summed E-state index contributed by atoms with van der Waals surface area (Å²) in [6.45, 7) is 5.46. The third-order valence-electron chi connectivity index (χ3n) is 5.63. The number of benzene rings is 2. The number of phenolic OH excluding ortho intramolecular Hbond substituents is 1. The molecule has 0 radical (unpaired) electrons. The molecule has 154 valence electrons. The minimum atomic E-state index is -0.200. The largest absolute Gasteiger partial charge is 0.508 e. The van der Waals surface area contributed by atoms with Gasteiger partial charge >= 0.3 is 0 Å². The number of likely N-dealkylation sites (tertiary alicyclic amines) is 1. The van der Waals surface area contributed by atoms with Gasteiger partial charge in [-0.1, -0.05) is 29.3 Å². The smallest absolute Gasteiger partial charge is 0.251 e. The van der Waals surface area contributed by atoms with Crippen LogP contribution in [0.25, 0.3) is 0 Å². The molecule has 2 aromatic rings. The Bertz CT molecular complexity index is 833. The van der Waals surface area contributed by atoms with Gasteiger partial charge < -0.3 is 15.3 Å². The Morgan fingerprint density at radius 3 is 2.28 bits per heavy atom. The van der Waals surface area contributed by atoms with Crippen molar-refractivity contribution < 1.29 is 14.7 Å². The van der Waals surface area contributed by atoms with Crippen LogP contribution in [-0.4, -0.2) is 41.5 Å². The van der Waals surface area contributed by atoms with Crippen molar-refractivity contribution in [1.82, 2.24) is 10.2 Å². The highest BCUT2D eigenvalue weighted by atomic mass is 16.3. The van der Waals surface area contributed by atoms with Gasteiger partial charge in [0.2, 0.25) is 5.91 Å². The topological polar surface area (TPSA) is 69.6 Å². The Morgan fingerprint density at radius 1 is 1.03 bits per heavy atom. The van der Waals surface area contributed by atoms with Gasteiger partial charge in [-0.25, -0.2) is 0 Å². The van der Waals surface area contributed by atoms with E-state index in [-0.39, 0.29) is 18.4 Å². The number of hydrogen-bond donors (Lipinski definition) is 2. The average molecular weight is 395 g/mol. The summed E-state index contributed by atoms with van der Waals surface area (Å²) in [5.74, 6) is 0.691. The molecule has 5 heteroatoms. The van der Waals surface area contributed by atoms with Crippen molar-refractivity contribution in [1.29, 1.82) is 0 Å². The standard InChI is InChI=1S/C24H30N2O3/c1-17-13-18(2)15-21(14-17)24(29)25-16-23(28)26-11-9-20(10-12-26)4-3-19-5-7-22(27)8-6-19/h5-8,13-15,20,27H,3-4,9-12,16H2,1-2H3,(H,25,29). The van der Waals surface area contributed by atoms with Crippen molar-refractivity contribution in [2.75, 3.05) is 19.6 Å². The zero-order valence-corrected chi connectivity index (χ0v) is 17.3. The fraction of sp³-hybridized carbons (Fsp3) is 0.417. The van der Waals surface area contributed by atoms with Crippen molar-refractivity contribution in [3.05, 3.63) is 64.7 Å². The molecule has 0 saturated carbocycles. The number of carbonyl (C=O) groups excluding carboxylic acids is 2. The highest BCUT2D eigenvalue weighted by Crippen LogP contribution is 2.23. The molecule has 1 aliphatic rings. The van der Waals surface area contributed by atoms with Crippen LogP contribution >= 0.6 is 0 Å². The first-order valence-electron chi connectivity index (χ1n) is 10.3. The van der Waals surface area contributed by atoms with Gasteiger partial charge in [0.05, 0.1) is 6.54 Å². The molecular formula is C24H30N2O3. The van der Waals surface area contributed by atoms with Crippen molar-refractivity contribution in [3.63, 3.8) is 0 Å². The van der Waals surface area contributed by atoms with E-state index >= 15 is 0 Å². The lowest BCUT2D eigenvalue weighted by molar-refractivity contribution is -0.131. The number of carbonyl (C=O) groups is 2. The van der Waals surface area contributed by atoms with E-state index in [0.29, 0.717) is 17.2 Å². The Kier molecular flexibility index (Phi) is 6.91. The number of rotatable bonds is 6. The Labute approximate surface area is 172 Å². The minimum Gasteiger partial charge on any atom is -0.508 e. The van der Waals surface area contributed by atoms with E-state index in [1.807, 2.05) is 49.1 Å². The molecule has 29 heavy (non-hydrogen) atoms. The number of aryl methyl sites for hydroxylation is 3. The van der Waals surface area contributed by atoms with Crippen molar-refractivity contribution in [3.8, 4) is 5.75 Å². The molecule has 0 unspecified atom stereocenters. The predicted molar refractivity (Wildman–Crippen MR) is 114 cm³/mol. The molecule has 0 aliphatic carbocycles. The average Bonchev–Trinajstić information content (AvgIpc) is 2.71. The quantitative estimate of drug-likeness (QED) is 0.786. The molecule has 5 nitrogen and oxygen atoms in total. The second kappa shape index (κ2) is 9.59. The molecule has 2 aromatic carbocycles. The summed E-state index contributed by atoms with van der Waals surface area (Å²) in [7, 11) is 0. The molecule has 0 aromatic heterocycles. The van der Waals surface area contributed by atoms with Gasteiger partial charge in [0, 0.05) is 18.7 Å². The zero-order valence-electron chi connectivity index (χ0n) is 17.3. The normalized spacial score (nSPS) is 14.6. The van der Waals surface area contributed by atoms with Crippen LogP contribution < -0.4 is 5.32 Å². The van der Waals surface area contributed by atoms with Gasteiger partial charge in [-0.2, -0.15) is 0 Å². The summed E-state index contributed by atoms with van der Waals surface area (Å²) in [6.07, 6.45) is 4.07. The highest BCUT2D eigenvalue weighted by molar-refractivity contribution is 5.96. The number of phenols is 1. The lowest BCUT2D eigenvalue weighted by Gasteiger charge is -2.32. The lowest BCUT2D eigenvalue weighted by atomic mass is 9.90. The van der Waals surface area contributed by atoms with Crippen LogP contribution in [0, 0.1) is 19.8 Å². The number of piperidine rings is 1. The Hall–Kier alpha value is -2.82. The summed E-state index contributed by atoms with van der Waals surface area (Å²) in [6, 6.07) is 13.1. The third kappa shape index (κ3) is 6.08. The van der Waals surface area contributed by atoms with Crippen LogP contribution in [0.15, 0.2) is 42.5 Å². The number of hydrogen-bond acceptors (Lipinski definition) is 3. The van der Waals surface area contributed by atoms with E-state index in [1.165, 1.54) is 5.56 Å². The van der Waals surface area contributed by atoms with E-state index < -0.39 is 0 Å². The lowest BCUT2D eigenvalue weighted by Crippen LogP contribution is -2.44. The van der Waals surface area contributed by atoms with Crippen LogP contribution in [0.5, 0.6) is 5.75 Å². The van der Waals surface area contributed by atoms with Crippen LogP contribution in [-0.2, 0) is 11.2 Å². The second-order valence-electron chi connectivity index (χ2n) is 8.09. The zero-order chi connectivity index (χ0) is 20.8. The first-order chi connectivity index (χ1) is 13.9. The second-order valence-corrected chi connectivity index (χ2v) is 8.09. The van der Waals surface area contributed by atoms with Gasteiger partial charge in [-0.3, -0.25) is 9.59 Å². The Morgan fingerprint density at radius 2 is 1.66 bits per heavy atom. The third-order valence-corrected chi connectivity index (χ3v) is 5.63. The van der Waals surface area contributed by atoms with Gasteiger partial charge in [0.25, 0.3) is 5.91 Å². The molecule has 2 amide bonds. The van der Waals surface area contributed by atoms with E-state index in [9.17, 15) is 14.7 Å². The SMILES string of the molecule is Cc1cc(C)cc(C(=O)NCC(=O)N2CCC(CCc3ccc(O)cc3)CC2)c1. The summed E-state index contributed by atoms with van der Waals surface area (Å²) < 4.78 is 0. The van der Waals surface area contributed by atoms with E-state index in [1.54, 1.807) is 12.1 Å². The van der Waals surface area contributed by atoms with E-state index in [2.05, 4.69) is 5.32 Å². The number of nitrogens with zero attached hydrogens (tertiary/aromatic N) is 1. The molecule has 0 atom stereocenters. The van der Waals surface area contributed by atoms with E-state index in [4.69, 9.17) is 0 Å². The first kappa shape index (κ1) is 20.9. The molecule has 0 spiro atoms. The number of nitrogens with one attached hydrogen (secondary N) is 1. The highest BCUT2D eigenvalue weighted by Gasteiger charge is 2.23. The van der Waals surface area contributed by atoms with Gasteiger partial charge in [0.1, 0.15) is 5.75 Å². The molecule has 1 saturated heterocycles. The first-order valence-corrected chi connectivity index (χ1v) is 10.3. The summed E-state index contributed by atoms with van der Waals surface area (Å²) in [4.78, 5) is 26.7. The fourth-order valence-corrected chi connectivity index (χ4v) is 3.98.